The molecule has 0 rings (SSSR count). The third kappa shape index (κ3) is 6.97. The maximum Gasteiger partial charge on any atom is 0.433 e. The number of rotatable bonds is 5. The van der Waals surface area contributed by atoms with Gasteiger partial charge in [-0.25, -0.2) is 4.99 Å². The molecule has 0 aliphatic carbocycles. The van der Waals surface area contributed by atoms with Crippen molar-refractivity contribution in [2.24, 2.45) is 4.99 Å². The average Bonchev–Trinajstić information content (AvgIpc) is 2.16. The molecular weight excluding hydrogens is 227 g/mol. The third-order valence-corrected chi connectivity index (χ3v) is 2.11. The Balaban J connectivity index is 5.17. The molecule has 0 atom stereocenters. The first-order valence-electron chi connectivity index (χ1n) is 5.81. The van der Waals surface area contributed by atoms with Crippen LogP contribution in [0, 0.1) is 0 Å². The Labute approximate surface area is 101 Å². The fourth-order valence-corrected chi connectivity index (χ4v) is 1.41. The van der Waals surface area contributed by atoms with E-state index in [2.05, 4.69) is 4.99 Å². The van der Waals surface area contributed by atoms with Crippen molar-refractivity contribution in [3.05, 3.63) is 23.4 Å². The van der Waals surface area contributed by atoms with Crippen molar-refractivity contribution < 1.29 is 13.2 Å². The summed E-state index contributed by atoms with van der Waals surface area (Å²) in [5, 5.41) is 0. The molecule has 17 heavy (non-hydrogen) atoms. The summed E-state index contributed by atoms with van der Waals surface area (Å²) in [6, 6.07) is 0. The first-order valence-corrected chi connectivity index (χ1v) is 5.81. The van der Waals surface area contributed by atoms with Gasteiger partial charge < -0.3 is 0 Å². The number of hydrogen-bond donors (Lipinski definition) is 0. The van der Waals surface area contributed by atoms with Gasteiger partial charge in [0.25, 0.3) is 0 Å². The smallest absolute Gasteiger partial charge is 0.249 e. The van der Waals surface area contributed by atoms with Crippen LogP contribution in [-0.2, 0) is 0 Å². The highest BCUT2D eigenvalue weighted by atomic mass is 19.4. The Hall–Kier alpha value is -1.06. The standard InChI is InChI=1S/C13H20F3N/c1-5-7-10(3)9-12(13(14,15)16)17-11(4)8-6-2/h8-9H,5-7H2,1-4H3/b10-9+,11-8+,17-12-. The lowest BCUT2D eigenvalue weighted by Gasteiger charge is -2.08. The van der Waals surface area contributed by atoms with Gasteiger partial charge >= 0.3 is 6.18 Å². The van der Waals surface area contributed by atoms with Crippen LogP contribution in [0.4, 0.5) is 13.2 Å². The van der Waals surface area contributed by atoms with Crippen LogP contribution in [0.3, 0.4) is 0 Å². The van der Waals surface area contributed by atoms with E-state index in [-0.39, 0.29) is 0 Å². The molecule has 0 amide bonds. The number of halogens is 3. The first-order chi connectivity index (χ1) is 7.81. The lowest BCUT2D eigenvalue weighted by atomic mass is 10.1. The summed E-state index contributed by atoms with van der Waals surface area (Å²) in [5.41, 5.74) is 0.291. The van der Waals surface area contributed by atoms with Gasteiger partial charge in [-0.1, -0.05) is 31.9 Å². The largest absolute Gasteiger partial charge is 0.433 e. The number of allylic oxidation sites excluding steroid dienone is 4. The highest BCUT2D eigenvalue weighted by molar-refractivity contribution is 6.00. The van der Waals surface area contributed by atoms with Crippen LogP contribution in [-0.4, -0.2) is 11.9 Å². The number of alkyl halides is 3. The lowest BCUT2D eigenvalue weighted by Crippen LogP contribution is -2.21. The predicted molar refractivity (Wildman–Crippen MR) is 66.2 cm³/mol. The molecule has 4 heteroatoms. The van der Waals surface area contributed by atoms with Crippen LogP contribution in [0.2, 0.25) is 0 Å². The van der Waals surface area contributed by atoms with E-state index >= 15 is 0 Å². The Morgan fingerprint density at radius 1 is 1.18 bits per heavy atom. The van der Waals surface area contributed by atoms with Gasteiger partial charge in [0.2, 0.25) is 0 Å². The molecule has 0 spiro atoms. The Bertz CT molecular complexity index is 322. The minimum absolute atomic E-state index is 0.403. The van der Waals surface area contributed by atoms with E-state index in [0.29, 0.717) is 24.1 Å². The van der Waals surface area contributed by atoms with Gasteiger partial charge in [0.15, 0.2) is 0 Å². The van der Waals surface area contributed by atoms with Gasteiger partial charge in [-0.3, -0.25) is 0 Å². The second-order valence-corrected chi connectivity index (χ2v) is 3.99. The Morgan fingerprint density at radius 3 is 2.18 bits per heavy atom. The van der Waals surface area contributed by atoms with Crippen molar-refractivity contribution >= 4 is 5.71 Å². The van der Waals surface area contributed by atoms with Gasteiger partial charge in [0.05, 0.1) is 0 Å². The molecule has 0 bridgehead atoms. The topological polar surface area (TPSA) is 12.4 Å². The summed E-state index contributed by atoms with van der Waals surface area (Å²) in [6.45, 7) is 7.08. The Kier molecular flexibility index (Phi) is 6.85. The molecule has 0 saturated carbocycles. The van der Waals surface area contributed by atoms with Gasteiger partial charge in [-0.2, -0.15) is 13.2 Å². The van der Waals surface area contributed by atoms with Crippen LogP contribution in [0.25, 0.3) is 0 Å². The highest BCUT2D eigenvalue weighted by Crippen LogP contribution is 2.21. The monoisotopic (exact) mass is 247 g/mol. The van der Waals surface area contributed by atoms with Crippen molar-refractivity contribution in [3.8, 4) is 0 Å². The molecule has 0 radical (unpaired) electrons. The van der Waals surface area contributed by atoms with Gasteiger partial charge in [0.1, 0.15) is 5.71 Å². The van der Waals surface area contributed by atoms with E-state index in [4.69, 9.17) is 0 Å². The molecule has 0 aromatic rings. The fourth-order valence-electron chi connectivity index (χ4n) is 1.41. The summed E-state index contributed by atoms with van der Waals surface area (Å²) in [6.07, 6.45) is 0.587. The summed E-state index contributed by atoms with van der Waals surface area (Å²) in [4.78, 5) is 3.64. The number of nitrogens with zero attached hydrogens (tertiary/aromatic N) is 1. The number of aliphatic imine (C=N–C) groups is 1. The van der Waals surface area contributed by atoms with E-state index in [1.165, 1.54) is 0 Å². The van der Waals surface area contributed by atoms with E-state index in [1.54, 1.807) is 19.9 Å². The van der Waals surface area contributed by atoms with Gasteiger partial charge in [-0.05, 0) is 32.8 Å². The molecule has 0 N–H and O–H groups in total. The zero-order valence-electron chi connectivity index (χ0n) is 10.9. The summed E-state index contributed by atoms with van der Waals surface area (Å²) in [7, 11) is 0. The zero-order valence-corrected chi connectivity index (χ0v) is 10.9. The second kappa shape index (κ2) is 7.30. The van der Waals surface area contributed by atoms with Crippen LogP contribution in [0.5, 0.6) is 0 Å². The van der Waals surface area contributed by atoms with Crippen molar-refractivity contribution in [1.29, 1.82) is 0 Å². The van der Waals surface area contributed by atoms with Crippen molar-refractivity contribution in [1.82, 2.24) is 0 Å². The maximum atomic E-state index is 12.7. The van der Waals surface area contributed by atoms with Crippen molar-refractivity contribution in [3.63, 3.8) is 0 Å². The fraction of sp³-hybridized carbons (Fsp3) is 0.615. The Morgan fingerprint density at radius 2 is 1.76 bits per heavy atom. The van der Waals surface area contributed by atoms with Crippen molar-refractivity contribution in [2.45, 2.75) is 53.1 Å². The zero-order chi connectivity index (χ0) is 13.5. The lowest BCUT2D eigenvalue weighted by molar-refractivity contribution is -0.0577. The molecule has 1 nitrogen and oxygen atoms in total. The first kappa shape index (κ1) is 15.9. The minimum Gasteiger partial charge on any atom is -0.249 e. The molecule has 0 unspecified atom stereocenters. The number of hydrogen-bond acceptors (Lipinski definition) is 1. The van der Waals surface area contributed by atoms with E-state index in [9.17, 15) is 13.2 Å². The van der Waals surface area contributed by atoms with Gasteiger partial charge in [0, 0.05) is 5.70 Å². The van der Waals surface area contributed by atoms with Crippen LogP contribution in [0.1, 0.15) is 47.0 Å². The molecular formula is C13H20F3N. The predicted octanol–water partition coefficient (Wildman–Crippen LogP) is 5.05. The van der Waals surface area contributed by atoms with Crippen LogP contribution >= 0.6 is 0 Å². The summed E-state index contributed by atoms with van der Waals surface area (Å²) < 4.78 is 38.2. The highest BCUT2D eigenvalue weighted by Gasteiger charge is 2.34. The van der Waals surface area contributed by atoms with E-state index < -0.39 is 11.9 Å². The molecule has 0 aliphatic rings. The molecule has 0 saturated heterocycles. The normalized spacial score (nSPS) is 15.4. The molecule has 0 aromatic heterocycles. The van der Waals surface area contributed by atoms with Crippen LogP contribution < -0.4 is 0 Å². The molecule has 0 aliphatic heterocycles. The minimum atomic E-state index is -4.39. The summed E-state index contributed by atoms with van der Waals surface area (Å²) in [5.74, 6) is 0. The van der Waals surface area contributed by atoms with Gasteiger partial charge in [-0.15, -0.1) is 0 Å². The van der Waals surface area contributed by atoms with Crippen molar-refractivity contribution in [2.75, 3.05) is 0 Å². The third-order valence-electron chi connectivity index (χ3n) is 2.11. The second-order valence-electron chi connectivity index (χ2n) is 3.99. The quantitative estimate of drug-likeness (QED) is 0.603. The average molecular weight is 247 g/mol. The van der Waals surface area contributed by atoms with E-state index in [0.717, 1.165) is 12.5 Å². The SMILES string of the molecule is CC/C=C(C)/N=C(/C=C(\C)CCC)C(F)(F)F. The molecule has 0 aromatic carbocycles. The maximum absolute atomic E-state index is 12.7. The van der Waals surface area contributed by atoms with E-state index in [1.807, 2.05) is 13.8 Å². The molecule has 0 fully saturated rings. The molecule has 98 valence electrons. The van der Waals surface area contributed by atoms with Crippen LogP contribution in [0.15, 0.2) is 28.4 Å². The molecule has 0 heterocycles. The summed E-state index contributed by atoms with van der Waals surface area (Å²) >= 11 is 0.